The van der Waals surface area contributed by atoms with E-state index in [1.807, 2.05) is 24.3 Å². The summed E-state index contributed by atoms with van der Waals surface area (Å²) in [5, 5.41) is 8.80. The normalized spacial score (nSPS) is 14.4. The summed E-state index contributed by atoms with van der Waals surface area (Å²) in [6.07, 6.45) is 4.90. The van der Waals surface area contributed by atoms with Crippen molar-refractivity contribution in [2.24, 2.45) is 0 Å². The lowest BCUT2D eigenvalue weighted by molar-refractivity contribution is 0.392. The first-order valence-electron chi connectivity index (χ1n) is 10.9. The summed E-state index contributed by atoms with van der Waals surface area (Å²) in [5.41, 5.74) is 2.02. The highest BCUT2D eigenvalue weighted by Crippen LogP contribution is 2.30. The second-order valence-electron chi connectivity index (χ2n) is 7.88. The lowest BCUT2D eigenvalue weighted by Gasteiger charge is -2.20. The Labute approximate surface area is 194 Å². The molecule has 3 aromatic rings. The molecule has 0 bridgehead atoms. The van der Waals surface area contributed by atoms with E-state index in [1.165, 1.54) is 46.0 Å². The summed E-state index contributed by atoms with van der Waals surface area (Å²) in [6.45, 7) is 2.03. The maximum absolute atomic E-state index is 12.9. The zero-order valence-electron chi connectivity index (χ0n) is 18.8. The molecule has 4 rings (SSSR count). The zero-order valence-corrected chi connectivity index (χ0v) is 19.6. The summed E-state index contributed by atoms with van der Waals surface area (Å²) in [5.74, 6) is 1.56. The number of nitrogens with zero attached hydrogens (tertiary/aromatic N) is 3. The second-order valence-corrected chi connectivity index (χ2v) is 9.53. The van der Waals surface area contributed by atoms with E-state index in [-0.39, 0.29) is 10.6 Å². The molecule has 0 unspecified atom stereocenters. The summed E-state index contributed by atoms with van der Waals surface area (Å²) in [7, 11) is -0.970. The van der Waals surface area contributed by atoms with Crippen LogP contribution in [0.1, 0.15) is 25.7 Å². The van der Waals surface area contributed by atoms with Crippen LogP contribution < -0.4 is 19.1 Å². The number of ether oxygens (including phenoxy) is 2. The molecule has 1 aromatic heterocycles. The third-order valence-electron chi connectivity index (χ3n) is 5.67. The van der Waals surface area contributed by atoms with E-state index in [4.69, 9.17) is 9.47 Å². The first kappa shape index (κ1) is 22.8. The molecule has 0 aliphatic carbocycles. The first-order valence-corrected chi connectivity index (χ1v) is 12.4. The Hall–Kier alpha value is -3.33. The van der Waals surface area contributed by atoms with Crippen LogP contribution in [0.25, 0.3) is 11.3 Å². The predicted octanol–water partition coefficient (Wildman–Crippen LogP) is 4.34. The van der Waals surface area contributed by atoms with Crippen molar-refractivity contribution in [3.05, 3.63) is 54.6 Å². The van der Waals surface area contributed by atoms with E-state index in [1.54, 1.807) is 24.3 Å². The Morgan fingerprint density at radius 3 is 2.18 bits per heavy atom. The Balaban J connectivity index is 1.49. The van der Waals surface area contributed by atoms with Crippen LogP contribution in [0.4, 0.5) is 11.5 Å². The molecule has 1 aliphatic heterocycles. The quantitative estimate of drug-likeness (QED) is 0.551. The molecule has 2 aromatic carbocycles. The van der Waals surface area contributed by atoms with Gasteiger partial charge in [-0.25, -0.2) is 8.42 Å². The van der Waals surface area contributed by atoms with Gasteiger partial charge in [-0.1, -0.05) is 25.0 Å². The number of hydrogen-bond donors (Lipinski definition) is 1. The van der Waals surface area contributed by atoms with Gasteiger partial charge in [0.25, 0.3) is 10.0 Å². The highest BCUT2D eigenvalue weighted by Gasteiger charge is 2.21. The van der Waals surface area contributed by atoms with Crippen LogP contribution >= 0.6 is 0 Å². The van der Waals surface area contributed by atoms with Gasteiger partial charge in [-0.15, -0.1) is 10.2 Å². The number of aromatic nitrogens is 2. The third kappa shape index (κ3) is 5.36. The fraction of sp³-hybridized carbons (Fsp3) is 0.333. The van der Waals surface area contributed by atoms with Gasteiger partial charge in [0.1, 0.15) is 16.4 Å². The fourth-order valence-electron chi connectivity index (χ4n) is 3.86. The second kappa shape index (κ2) is 10.1. The average Bonchev–Trinajstić information content (AvgIpc) is 3.14. The van der Waals surface area contributed by atoms with Gasteiger partial charge in [0.2, 0.25) is 0 Å². The van der Waals surface area contributed by atoms with Crippen molar-refractivity contribution < 1.29 is 17.9 Å². The Morgan fingerprint density at radius 2 is 1.58 bits per heavy atom. The highest BCUT2D eigenvalue weighted by molar-refractivity contribution is 7.92. The molecular formula is C24H28N4O4S. The predicted molar refractivity (Wildman–Crippen MR) is 129 cm³/mol. The molecular weight excluding hydrogens is 440 g/mol. The number of anilines is 2. The van der Waals surface area contributed by atoms with Gasteiger partial charge >= 0.3 is 0 Å². The topological polar surface area (TPSA) is 93.6 Å². The third-order valence-corrected chi connectivity index (χ3v) is 7.08. The van der Waals surface area contributed by atoms with E-state index in [0.29, 0.717) is 11.4 Å². The number of methoxy groups -OCH3 is 2. The molecule has 0 saturated carbocycles. The van der Waals surface area contributed by atoms with Crippen LogP contribution in [-0.4, -0.2) is 45.9 Å². The number of sulfonamides is 1. The van der Waals surface area contributed by atoms with Crippen molar-refractivity contribution in [3.8, 4) is 22.8 Å². The average molecular weight is 469 g/mol. The molecule has 174 valence electrons. The van der Waals surface area contributed by atoms with E-state index >= 15 is 0 Å². The fourth-order valence-corrected chi connectivity index (χ4v) is 5.10. The van der Waals surface area contributed by atoms with Gasteiger partial charge in [-0.05, 0) is 49.2 Å². The van der Waals surface area contributed by atoms with Gasteiger partial charge in [0.15, 0.2) is 5.82 Å². The van der Waals surface area contributed by atoms with Gasteiger partial charge in [0.05, 0.1) is 19.9 Å². The number of rotatable bonds is 7. The molecule has 0 spiro atoms. The van der Waals surface area contributed by atoms with Crippen molar-refractivity contribution in [2.45, 2.75) is 30.6 Å². The van der Waals surface area contributed by atoms with Gasteiger partial charge in [-0.3, -0.25) is 4.72 Å². The summed E-state index contributed by atoms with van der Waals surface area (Å²) >= 11 is 0. The van der Waals surface area contributed by atoms with Gasteiger partial charge in [0, 0.05) is 30.4 Å². The van der Waals surface area contributed by atoms with E-state index in [0.717, 1.165) is 30.2 Å². The summed E-state index contributed by atoms with van der Waals surface area (Å²) < 4.78 is 38.8. The number of hydrogen-bond acceptors (Lipinski definition) is 7. The van der Waals surface area contributed by atoms with Crippen LogP contribution in [0.3, 0.4) is 0 Å². The van der Waals surface area contributed by atoms with Gasteiger partial charge in [-0.2, -0.15) is 0 Å². The Bertz CT molecular complexity index is 1170. The smallest absolute Gasteiger partial charge is 0.265 e. The van der Waals surface area contributed by atoms with Gasteiger partial charge < -0.3 is 14.4 Å². The summed E-state index contributed by atoms with van der Waals surface area (Å²) in [4.78, 5) is 2.29. The lowest BCUT2D eigenvalue weighted by atomic mass is 10.1. The number of benzene rings is 2. The molecule has 1 N–H and O–H groups in total. The first-order chi connectivity index (χ1) is 16.0. The molecule has 0 radical (unpaired) electrons. The SMILES string of the molecule is COc1ccc(OC)c(S(=O)(=O)Nc2ccc(-c3ccc(N4CCCCCC4)nn3)cc2)c1. The molecule has 2 heterocycles. The molecule has 33 heavy (non-hydrogen) atoms. The Morgan fingerprint density at radius 1 is 0.848 bits per heavy atom. The minimum atomic E-state index is -3.88. The minimum Gasteiger partial charge on any atom is -0.497 e. The maximum atomic E-state index is 12.9. The zero-order chi connectivity index (χ0) is 23.3. The van der Waals surface area contributed by atoms with Crippen molar-refractivity contribution in [3.63, 3.8) is 0 Å². The lowest BCUT2D eigenvalue weighted by Crippen LogP contribution is -2.25. The molecule has 0 atom stereocenters. The highest BCUT2D eigenvalue weighted by atomic mass is 32.2. The van der Waals surface area contributed by atoms with Crippen molar-refractivity contribution in [2.75, 3.05) is 36.9 Å². The van der Waals surface area contributed by atoms with Crippen molar-refractivity contribution in [1.29, 1.82) is 0 Å². The maximum Gasteiger partial charge on any atom is 0.265 e. The van der Waals surface area contributed by atoms with Crippen LogP contribution in [-0.2, 0) is 10.0 Å². The standard InChI is InChI=1S/C24H28N4O4S/c1-31-20-11-13-22(32-2)23(17-20)33(29,30)27-19-9-7-18(8-10-19)21-12-14-24(26-25-21)28-15-5-3-4-6-16-28/h7-14,17,27H,3-6,15-16H2,1-2H3. The van der Waals surface area contributed by atoms with E-state index in [9.17, 15) is 8.42 Å². The van der Waals surface area contributed by atoms with Crippen LogP contribution in [0.15, 0.2) is 59.5 Å². The van der Waals surface area contributed by atoms with Crippen molar-refractivity contribution >= 4 is 21.5 Å². The molecule has 9 heteroatoms. The Kier molecular flexibility index (Phi) is 6.98. The molecule has 1 aliphatic rings. The molecule has 0 amide bonds. The number of nitrogens with one attached hydrogen (secondary N) is 1. The van der Waals surface area contributed by atoms with Crippen LogP contribution in [0.5, 0.6) is 11.5 Å². The van der Waals surface area contributed by atoms with Crippen molar-refractivity contribution in [1.82, 2.24) is 10.2 Å². The molecule has 1 fully saturated rings. The van der Waals surface area contributed by atoms with Crippen LogP contribution in [0, 0.1) is 0 Å². The van der Waals surface area contributed by atoms with E-state index in [2.05, 4.69) is 19.8 Å². The molecule has 1 saturated heterocycles. The largest absolute Gasteiger partial charge is 0.497 e. The van der Waals surface area contributed by atoms with E-state index < -0.39 is 10.0 Å². The monoisotopic (exact) mass is 468 g/mol. The molecule has 8 nitrogen and oxygen atoms in total. The summed E-state index contributed by atoms with van der Waals surface area (Å²) in [6, 6.07) is 15.6. The van der Waals surface area contributed by atoms with Crippen LogP contribution in [0.2, 0.25) is 0 Å². The minimum absolute atomic E-state index is 0.00314.